The number of aromatic amines is 1. The molecule has 5 nitrogen and oxygen atoms in total. The maximum absolute atomic E-state index is 5.98. The van der Waals surface area contributed by atoms with Gasteiger partial charge < -0.3 is 19.2 Å². The molecule has 1 aromatic heterocycles. The zero-order chi connectivity index (χ0) is 17.5. The molecule has 132 valence electrons. The van der Waals surface area contributed by atoms with Crippen molar-refractivity contribution in [3.63, 3.8) is 0 Å². The van der Waals surface area contributed by atoms with E-state index in [4.69, 9.17) is 14.2 Å². The second kappa shape index (κ2) is 8.19. The van der Waals surface area contributed by atoms with Gasteiger partial charge in [0.2, 0.25) is 0 Å². The summed E-state index contributed by atoms with van der Waals surface area (Å²) in [5, 5.41) is 0. The third-order valence-corrected chi connectivity index (χ3v) is 4.85. The van der Waals surface area contributed by atoms with E-state index in [2.05, 4.69) is 27.9 Å². The molecule has 1 saturated carbocycles. The number of benzene rings is 1. The van der Waals surface area contributed by atoms with Gasteiger partial charge >= 0.3 is 0 Å². The molecule has 0 radical (unpaired) electrons. The number of imidazole rings is 1. The van der Waals surface area contributed by atoms with E-state index in [1.54, 1.807) is 26.6 Å². The first kappa shape index (κ1) is 17.5. The van der Waals surface area contributed by atoms with Crippen molar-refractivity contribution in [1.29, 1.82) is 0 Å². The number of H-pyrrole nitrogens is 1. The van der Waals surface area contributed by atoms with Gasteiger partial charge in [-0.25, -0.2) is 4.98 Å². The predicted molar refractivity (Wildman–Crippen MR) is 95.4 cm³/mol. The van der Waals surface area contributed by atoms with E-state index in [0.29, 0.717) is 18.5 Å². The number of nitrogens with one attached hydrogen (secondary N) is 1. The summed E-state index contributed by atoms with van der Waals surface area (Å²) in [7, 11) is 3.56. The fourth-order valence-corrected chi connectivity index (χ4v) is 3.41. The highest BCUT2D eigenvalue weighted by molar-refractivity contribution is 5.39. The highest BCUT2D eigenvalue weighted by atomic mass is 16.5. The summed E-state index contributed by atoms with van der Waals surface area (Å²) >= 11 is 0. The normalized spacial score (nSPS) is 22.9. The Kier molecular flexibility index (Phi) is 5.75. The van der Waals surface area contributed by atoms with Crippen LogP contribution in [0.15, 0.2) is 36.7 Å². The Morgan fingerprint density at radius 1 is 1.24 bits per heavy atom. The van der Waals surface area contributed by atoms with Gasteiger partial charge in [0.1, 0.15) is 12.4 Å². The molecule has 25 heavy (non-hydrogen) atoms. The Bertz CT molecular complexity index is 723. The number of hydrogen-bond acceptors (Lipinski definition) is 4. The quantitative estimate of drug-likeness (QED) is 0.849. The molecule has 1 aromatic carbocycles. The van der Waals surface area contributed by atoms with Crippen molar-refractivity contribution in [1.82, 2.24) is 9.97 Å². The number of aromatic nitrogens is 2. The Morgan fingerprint density at radius 2 is 2.04 bits per heavy atom. The second-order valence-electron chi connectivity index (χ2n) is 6.16. The van der Waals surface area contributed by atoms with Gasteiger partial charge in [0, 0.05) is 32.2 Å². The number of hydrogen-bond donors (Lipinski definition) is 1. The van der Waals surface area contributed by atoms with Gasteiger partial charge in [0.05, 0.1) is 11.7 Å². The van der Waals surface area contributed by atoms with Crippen LogP contribution in [0.1, 0.15) is 37.1 Å². The van der Waals surface area contributed by atoms with Gasteiger partial charge in [-0.1, -0.05) is 24.1 Å². The maximum Gasteiger partial charge on any atom is 0.182 e. The lowest BCUT2D eigenvalue weighted by Gasteiger charge is -2.39. The van der Waals surface area contributed by atoms with Gasteiger partial charge in [-0.2, -0.15) is 0 Å². The van der Waals surface area contributed by atoms with Crippen LogP contribution in [-0.2, 0) is 15.1 Å². The highest BCUT2D eigenvalue weighted by Gasteiger charge is 2.39. The summed E-state index contributed by atoms with van der Waals surface area (Å²) in [6, 6.07) is 8.07. The maximum atomic E-state index is 5.98. The number of ether oxygens (including phenoxy) is 3. The van der Waals surface area contributed by atoms with Crippen LogP contribution >= 0.6 is 0 Å². The van der Waals surface area contributed by atoms with Gasteiger partial charge in [0.15, 0.2) is 5.82 Å². The van der Waals surface area contributed by atoms with Gasteiger partial charge in [-0.05, 0) is 37.7 Å². The van der Waals surface area contributed by atoms with Crippen molar-refractivity contribution >= 4 is 0 Å². The molecule has 0 aliphatic heterocycles. The summed E-state index contributed by atoms with van der Waals surface area (Å²) in [4.78, 5) is 7.03. The molecule has 1 aliphatic rings. The first-order valence-corrected chi connectivity index (χ1v) is 8.56. The van der Waals surface area contributed by atoms with E-state index in [1.807, 2.05) is 18.2 Å². The largest absolute Gasteiger partial charge is 0.481 e. The van der Waals surface area contributed by atoms with Gasteiger partial charge in [0.25, 0.3) is 0 Å². The third-order valence-electron chi connectivity index (χ3n) is 4.85. The Morgan fingerprint density at radius 3 is 2.72 bits per heavy atom. The van der Waals surface area contributed by atoms with E-state index in [9.17, 15) is 0 Å². The fraction of sp³-hybridized carbons (Fsp3) is 0.450. The Labute approximate surface area is 148 Å². The lowest BCUT2D eigenvalue weighted by atomic mass is 9.78. The summed E-state index contributed by atoms with van der Waals surface area (Å²) in [5.41, 5.74) is 0.770. The number of para-hydroxylation sites is 1. The standard InChI is InChI=1S/C20H24N2O3/c1-23-16-9-11-20(24-2,12-10-16)17-6-3-4-7-18(17)25-15-5-8-19-21-13-14-22-19/h3-4,6-7,13-14,16H,9-12,15H2,1-2H3,(H,21,22). The smallest absolute Gasteiger partial charge is 0.182 e. The van der Waals surface area contributed by atoms with E-state index >= 15 is 0 Å². The molecule has 0 saturated heterocycles. The monoisotopic (exact) mass is 340 g/mol. The minimum atomic E-state index is -0.319. The molecular formula is C20H24N2O3. The van der Waals surface area contributed by atoms with Crippen molar-refractivity contribution in [2.75, 3.05) is 20.8 Å². The zero-order valence-corrected chi connectivity index (χ0v) is 14.7. The summed E-state index contributed by atoms with van der Waals surface area (Å²) in [6.07, 6.45) is 7.54. The minimum absolute atomic E-state index is 0.304. The molecule has 2 aromatic rings. The number of rotatable bonds is 5. The molecule has 0 bridgehead atoms. The van der Waals surface area contributed by atoms with Crippen molar-refractivity contribution in [2.24, 2.45) is 0 Å². The first-order chi connectivity index (χ1) is 12.3. The zero-order valence-electron chi connectivity index (χ0n) is 14.7. The minimum Gasteiger partial charge on any atom is -0.481 e. The Hall–Kier alpha value is -2.29. The fourth-order valence-electron chi connectivity index (χ4n) is 3.41. The Balaban J connectivity index is 1.73. The van der Waals surface area contributed by atoms with E-state index in [1.165, 1.54) is 0 Å². The lowest BCUT2D eigenvalue weighted by Crippen LogP contribution is -2.36. The summed E-state index contributed by atoms with van der Waals surface area (Å²) in [6.45, 7) is 0.304. The number of nitrogens with zero attached hydrogens (tertiary/aromatic N) is 1. The van der Waals surface area contributed by atoms with Crippen molar-refractivity contribution < 1.29 is 14.2 Å². The van der Waals surface area contributed by atoms with Crippen LogP contribution in [0.25, 0.3) is 0 Å². The molecule has 1 N–H and O–H groups in total. The molecule has 3 rings (SSSR count). The molecule has 5 heteroatoms. The van der Waals surface area contributed by atoms with E-state index < -0.39 is 0 Å². The van der Waals surface area contributed by atoms with Crippen LogP contribution in [0.2, 0.25) is 0 Å². The number of methoxy groups -OCH3 is 2. The average Bonchev–Trinajstić information content (AvgIpc) is 3.19. The molecular weight excluding hydrogens is 316 g/mol. The second-order valence-corrected chi connectivity index (χ2v) is 6.16. The first-order valence-electron chi connectivity index (χ1n) is 8.56. The van der Waals surface area contributed by atoms with Crippen LogP contribution in [0.3, 0.4) is 0 Å². The molecule has 1 aliphatic carbocycles. The molecule has 0 spiro atoms. The average molecular weight is 340 g/mol. The van der Waals surface area contributed by atoms with Crippen molar-refractivity contribution in [2.45, 2.75) is 37.4 Å². The van der Waals surface area contributed by atoms with Crippen LogP contribution in [-0.4, -0.2) is 36.9 Å². The lowest BCUT2D eigenvalue weighted by molar-refractivity contribution is -0.0773. The van der Waals surface area contributed by atoms with Crippen LogP contribution in [0.5, 0.6) is 5.75 Å². The van der Waals surface area contributed by atoms with E-state index in [0.717, 1.165) is 37.0 Å². The third kappa shape index (κ3) is 4.04. The molecule has 1 fully saturated rings. The molecule has 0 amide bonds. The SMILES string of the molecule is COC1CCC(OC)(c2ccccc2OCC#Cc2ncc[nH]2)CC1. The summed E-state index contributed by atoms with van der Waals surface area (Å²) < 4.78 is 17.4. The van der Waals surface area contributed by atoms with Crippen molar-refractivity contribution in [3.8, 4) is 17.6 Å². The van der Waals surface area contributed by atoms with Gasteiger partial charge in [-0.15, -0.1) is 0 Å². The summed E-state index contributed by atoms with van der Waals surface area (Å²) in [5.74, 6) is 7.40. The molecule has 1 heterocycles. The van der Waals surface area contributed by atoms with E-state index in [-0.39, 0.29) is 5.60 Å². The van der Waals surface area contributed by atoms with Crippen LogP contribution in [0.4, 0.5) is 0 Å². The van der Waals surface area contributed by atoms with Gasteiger partial charge in [-0.3, -0.25) is 0 Å². The highest BCUT2D eigenvalue weighted by Crippen LogP contribution is 2.44. The molecule has 0 atom stereocenters. The van der Waals surface area contributed by atoms with Crippen LogP contribution in [0, 0.1) is 11.8 Å². The van der Waals surface area contributed by atoms with Crippen LogP contribution < -0.4 is 4.74 Å². The molecule has 0 unspecified atom stereocenters. The topological polar surface area (TPSA) is 56.4 Å². The van der Waals surface area contributed by atoms with Crippen molar-refractivity contribution in [3.05, 3.63) is 48.0 Å². The predicted octanol–water partition coefficient (Wildman–Crippen LogP) is 3.27.